The van der Waals surface area contributed by atoms with Gasteiger partial charge in [0.2, 0.25) is 0 Å². The predicted octanol–water partition coefficient (Wildman–Crippen LogP) is 1.74. The van der Waals surface area contributed by atoms with E-state index in [4.69, 9.17) is 5.11 Å². The monoisotopic (exact) mass is 230 g/mol. The molecular weight excluding hydrogens is 215 g/mol. The number of anilines is 1. The summed E-state index contributed by atoms with van der Waals surface area (Å²) in [6.07, 6.45) is 3.44. The number of nitrogens with zero attached hydrogens (tertiary/aromatic N) is 1. The Morgan fingerprint density at radius 1 is 1.67 bits per heavy atom. The molecule has 0 bridgehead atoms. The third-order valence-electron chi connectivity index (χ3n) is 2.16. The van der Waals surface area contributed by atoms with Crippen molar-refractivity contribution < 1.29 is 9.50 Å². The average Bonchev–Trinajstić information content (AvgIpc) is 2.23. The largest absolute Gasteiger partial charge is 0.395 e. The van der Waals surface area contributed by atoms with Gasteiger partial charge in [-0.05, 0) is 25.3 Å². The van der Waals surface area contributed by atoms with Gasteiger partial charge in [-0.1, -0.05) is 0 Å². The van der Waals surface area contributed by atoms with E-state index in [1.165, 1.54) is 12.3 Å². The number of aliphatic hydroxyl groups excluding tert-OH is 1. The van der Waals surface area contributed by atoms with Gasteiger partial charge in [-0.3, -0.25) is 0 Å². The maximum absolute atomic E-state index is 13.2. The fourth-order valence-electron chi connectivity index (χ4n) is 1.24. The van der Waals surface area contributed by atoms with E-state index in [1.807, 2.05) is 13.2 Å². The topological polar surface area (TPSA) is 45.1 Å². The molecule has 0 spiro atoms. The highest BCUT2D eigenvalue weighted by Crippen LogP contribution is 2.16. The van der Waals surface area contributed by atoms with Gasteiger partial charge in [0.05, 0.1) is 6.61 Å². The molecule has 2 N–H and O–H groups in total. The third-order valence-corrected chi connectivity index (χ3v) is 3.33. The zero-order chi connectivity index (χ0) is 11.3. The standard InChI is InChI=1S/C10H15FN2OS/c1-7(9(6-14)15-2)13-10-8(11)4-3-5-12-10/h3-5,7,9,14H,6H2,1-2H3,(H,12,13)/t7-,9-/m0/s1. The summed E-state index contributed by atoms with van der Waals surface area (Å²) < 4.78 is 13.2. The third kappa shape index (κ3) is 3.35. The zero-order valence-electron chi connectivity index (χ0n) is 8.77. The highest BCUT2D eigenvalue weighted by Gasteiger charge is 2.16. The van der Waals surface area contributed by atoms with Crippen LogP contribution in [0.3, 0.4) is 0 Å². The van der Waals surface area contributed by atoms with Gasteiger partial charge < -0.3 is 10.4 Å². The molecule has 0 aliphatic rings. The van der Waals surface area contributed by atoms with Gasteiger partial charge in [-0.15, -0.1) is 0 Å². The predicted molar refractivity (Wildman–Crippen MR) is 61.7 cm³/mol. The van der Waals surface area contributed by atoms with E-state index in [2.05, 4.69) is 10.3 Å². The lowest BCUT2D eigenvalue weighted by Gasteiger charge is -2.21. The van der Waals surface area contributed by atoms with E-state index >= 15 is 0 Å². The van der Waals surface area contributed by atoms with Crippen molar-refractivity contribution in [3.63, 3.8) is 0 Å². The Kier molecular flexibility index (Phi) is 4.84. The van der Waals surface area contributed by atoms with Crippen LogP contribution in [0.1, 0.15) is 6.92 Å². The summed E-state index contributed by atoms with van der Waals surface area (Å²) in [4.78, 5) is 3.89. The zero-order valence-corrected chi connectivity index (χ0v) is 9.59. The average molecular weight is 230 g/mol. The van der Waals surface area contributed by atoms with Crippen molar-refractivity contribution in [2.24, 2.45) is 0 Å². The first kappa shape index (κ1) is 12.3. The Balaban J connectivity index is 2.65. The van der Waals surface area contributed by atoms with Crippen LogP contribution in [0.4, 0.5) is 10.2 Å². The van der Waals surface area contributed by atoms with E-state index in [0.717, 1.165) is 0 Å². The summed E-state index contributed by atoms with van der Waals surface area (Å²) >= 11 is 1.54. The molecule has 0 aromatic carbocycles. The maximum Gasteiger partial charge on any atom is 0.165 e. The lowest BCUT2D eigenvalue weighted by molar-refractivity contribution is 0.288. The Bertz CT molecular complexity index is 307. The summed E-state index contributed by atoms with van der Waals surface area (Å²) in [5, 5.41) is 12.0. The normalized spacial score (nSPS) is 14.7. The minimum absolute atomic E-state index is 0.0330. The molecule has 0 radical (unpaired) electrons. The number of hydrogen-bond donors (Lipinski definition) is 2. The molecule has 1 aromatic rings. The molecule has 2 atom stereocenters. The maximum atomic E-state index is 13.2. The van der Waals surface area contributed by atoms with Crippen molar-refractivity contribution in [3.05, 3.63) is 24.1 Å². The van der Waals surface area contributed by atoms with Crippen LogP contribution >= 0.6 is 11.8 Å². The van der Waals surface area contributed by atoms with Crippen LogP contribution in [-0.4, -0.2) is 34.2 Å². The second kappa shape index (κ2) is 5.92. The van der Waals surface area contributed by atoms with Gasteiger partial charge in [0.15, 0.2) is 11.6 Å². The van der Waals surface area contributed by atoms with Crippen LogP contribution in [0.5, 0.6) is 0 Å². The molecule has 1 heterocycles. The Labute approximate surface area is 93.1 Å². The van der Waals surface area contributed by atoms with E-state index in [-0.39, 0.29) is 29.5 Å². The number of thioether (sulfide) groups is 1. The van der Waals surface area contributed by atoms with Crippen LogP contribution in [0.2, 0.25) is 0 Å². The number of pyridine rings is 1. The van der Waals surface area contributed by atoms with E-state index < -0.39 is 0 Å². The summed E-state index contributed by atoms with van der Waals surface area (Å²) in [7, 11) is 0. The van der Waals surface area contributed by atoms with Crippen molar-refractivity contribution in [1.29, 1.82) is 0 Å². The van der Waals surface area contributed by atoms with Crippen LogP contribution in [0.15, 0.2) is 18.3 Å². The van der Waals surface area contributed by atoms with Crippen LogP contribution in [0, 0.1) is 5.82 Å². The summed E-state index contributed by atoms with van der Waals surface area (Å²) in [5.41, 5.74) is 0. The number of aliphatic hydroxyl groups is 1. The molecule has 0 fully saturated rings. The first-order valence-electron chi connectivity index (χ1n) is 4.69. The van der Waals surface area contributed by atoms with E-state index in [0.29, 0.717) is 0 Å². The van der Waals surface area contributed by atoms with Gasteiger partial charge in [0.1, 0.15) is 0 Å². The fourth-order valence-corrected chi connectivity index (χ4v) is 1.86. The van der Waals surface area contributed by atoms with Crippen molar-refractivity contribution in [2.45, 2.75) is 18.2 Å². The number of aromatic nitrogens is 1. The van der Waals surface area contributed by atoms with Crippen molar-refractivity contribution in [2.75, 3.05) is 18.2 Å². The minimum Gasteiger partial charge on any atom is -0.395 e. The Morgan fingerprint density at radius 3 is 2.93 bits per heavy atom. The summed E-state index contributed by atoms with van der Waals surface area (Å²) in [6.45, 7) is 1.95. The van der Waals surface area contributed by atoms with Crippen LogP contribution in [0.25, 0.3) is 0 Å². The smallest absolute Gasteiger partial charge is 0.165 e. The highest BCUT2D eigenvalue weighted by atomic mass is 32.2. The molecule has 5 heteroatoms. The molecule has 84 valence electrons. The highest BCUT2D eigenvalue weighted by molar-refractivity contribution is 7.99. The first-order chi connectivity index (χ1) is 7.19. The number of hydrogen-bond acceptors (Lipinski definition) is 4. The van der Waals surface area contributed by atoms with Crippen molar-refractivity contribution in [3.8, 4) is 0 Å². The summed E-state index contributed by atoms with van der Waals surface area (Å²) in [5.74, 6) is -0.139. The van der Waals surface area contributed by atoms with Crippen LogP contribution in [-0.2, 0) is 0 Å². The van der Waals surface area contributed by atoms with Crippen molar-refractivity contribution >= 4 is 17.6 Å². The molecule has 0 aliphatic carbocycles. The lowest BCUT2D eigenvalue weighted by atomic mass is 10.2. The quantitative estimate of drug-likeness (QED) is 0.809. The van der Waals surface area contributed by atoms with Gasteiger partial charge in [0, 0.05) is 17.5 Å². The molecule has 0 unspecified atom stereocenters. The number of halogens is 1. The number of nitrogens with one attached hydrogen (secondary N) is 1. The SMILES string of the molecule is CS[C@@H](CO)[C@H](C)Nc1ncccc1F. The van der Waals surface area contributed by atoms with Crippen LogP contribution < -0.4 is 5.32 Å². The minimum atomic E-state index is -0.373. The molecular formula is C10H15FN2OS. The molecule has 1 rings (SSSR count). The second-order valence-corrected chi connectivity index (χ2v) is 4.30. The number of rotatable bonds is 5. The molecule has 3 nitrogen and oxygen atoms in total. The van der Waals surface area contributed by atoms with E-state index in [1.54, 1.807) is 17.8 Å². The Morgan fingerprint density at radius 2 is 2.40 bits per heavy atom. The molecule has 15 heavy (non-hydrogen) atoms. The lowest BCUT2D eigenvalue weighted by Crippen LogP contribution is -2.31. The second-order valence-electron chi connectivity index (χ2n) is 3.22. The summed E-state index contributed by atoms with van der Waals surface area (Å²) in [6, 6.07) is 2.87. The van der Waals surface area contributed by atoms with Gasteiger partial charge >= 0.3 is 0 Å². The van der Waals surface area contributed by atoms with Gasteiger partial charge in [-0.2, -0.15) is 11.8 Å². The molecule has 0 saturated heterocycles. The van der Waals surface area contributed by atoms with Gasteiger partial charge in [0.25, 0.3) is 0 Å². The first-order valence-corrected chi connectivity index (χ1v) is 5.98. The molecule has 0 aliphatic heterocycles. The molecule has 0 saturated carbocycles. The Hall–Kier alpha value is -0.810. The molecule has 1 aromatic heterocycles. The van der Waals surface area contributed by atoms with E-state index in [9.17, 15) is 4.39 Å². The molecule has 0 amide bonds. The fraction of sp³-hybridized carbons (Fsp3) is 0.500. The van der Waals surface area contributed by atoms with Crippen molar-refractivity contribution in [1.82, 2.24) is 4.98 Å². The van der Waals surface area contributed by atoms with Gasteiger partial charge in [-0.25, -0.2) is 9.37 Å².